The van der Waals surface area contributed by atoms with Crippen LogP contribution in [0.15, 0.2) is 12.4 Å². The first-order valence-electron chi connectivity index (χ1n) is 3.56. The summed E-state index contributed by atoms with van der Waals surface area (Å²) in [6, 6.07) is 0. The van der Waals surface area contributed by atoms with Crippen molar-refractivity contribution >= 4 is 5.97 Å². The standard InChI is InChI=1S/C7H6F2N2O3/c8-5(9)3-14-6-2-10-1-4(11-6)7(12)13/h1-2,5H,3H2,(H,12,13). The lowest BCUT2D eigenvalue weighted by atomic mass is 10.5. The first-order chi connectivity index (χ1) is 6.59. The fourth-order valence-corrected chi connectivity index (χ4v) is 0.669. The van der Waals surface area contributed by atoms with E-state index in [1.807, 2.05) is 0 Å². The molecule has 5 nitrogen and oxygen atoms in total. The average molecular weight is 204 g/mol. The molecule has 0 aliphatic heterocycles. The normalized spacial score (nSPS) is 10.2. The van der Waals surface area contributed by atoms with E-state index in [4.69, 9.17) is 5.11 Å². The number of aromatic nitrogens is 2. The Labute approximate surface area is 77.4 Å². The van der Waals surface area contributed by atoms with Gasteiger partial charge in [-0.15, -0.1) is 0 Å². The summed E-state index contributed by atoms with van der Waals surface area (Å²) in [4.78, 5) is 17.3. The molecular weight excluding hydrogens is 198 g/mol. The highest BCUT2D eigenvalue weighted by Gasteiger charge is 2.08. The molecule has 1 aromatic heterocycles. The van der Waals surface area contributed by atoms with Crippen LogP contribution < -0.4 is 4.74 Å². The van der Waals surface area contributed by atoms with Crippen molar-refractivity contribution in [3.63, 3.8) is 0 Å². The van der Waals surface area contributed by atoms with Crippen molar-refractivity contribution in [2.24, 2.45) is 0 Å². The van der Waals surface area contributed by atoms with Gasteiger partial charge in [-0.3, -0.25) is 4.98 Å². The minimum absolute atomic E-state index is 0.231. The molecule has 0 aliphatic rings. The largest absolute Gasteiger partial charge is 0.476 e. The molecule has 0 amide bonds. The van der Waals surface area contributed by atoms with Crippen LogP contribution in [0.2, 0.25) is 0 Å². The van der Waals surface area contributed by atoms with Crippen LogP contribution in [-0.4, -0.2) is 34.1 Å². The number of halogens is 2. The van der Waals surface area contributed by atoms with E-state index in [1.54, 1.807) is 0 Å². The molecule has 1 aromatic rings. The highest BCUT2D eigenvalue weighted by Crippen LogP contribution is 2.06. The van der Waals surface area contributed by atoms with Crippen LogP contribution in [0.1, 0.15) is 10.5 Å². The molecule has 0 aromatic carbocycles. The second-order valence-electron chi connectivity index (χ2n) is 2.25. The van der Waals surface area contributed by atoms with Crippen LogP contribution >= 0.6 is 0 Å². The van der Waals surface area contributed by atoms with Gasteiger partial charge in [0.2, 0.25) is 5.88 Å². The molecule has 76 valence electrons. The Morgan fingerprint density at radius 1 is 1.57 bits per heavy atom. The lowest BCUT2D eigenvalue weighted by molar-refractivity contribution is 0.0682. The van der Waals surface area contributed by atoms with E-state index in [-0.39, 0.29) is 11.6 Å². The lowest BCUT2D eigenvalue weighted by Gasteiger charge is -2.03. The van der Waals surface area contributed by atoms with Crippen molar-refractivity contribution in [2.75, 3.05) is 6.61 Å². The molecule has 14 heavy (non-hydrogen) atoms. The summed E-state index contributed by atoms with van der Waals surface area (Å²) in [5, 5.41) is 8.48. The molecule has 7 heteroatoms. The van der Waals surface area contributed by atoms with Crippen molar-refractivity contribution in [2.45, 2.75) is 6.43 Å². The minimum Gasteiger partial charge on any atom is -0.476 e. The highest BCUT2D eigenvalue weighted by atomic mass is 19.3. The maximum Gasteiger partial charge on any atom is 0.356 e. The zero-order valence-corrected chi connectivity index (χ0v) is 6.85. The number of aromatic carboxylic acids is 1. The Balaban J connectivity index is 2.69. The fourth-order valence-electron chi connectivity index (χ4n) is 0.669. The number of hydrogen-bond acceptors (Lipinski definition) is 4. The number of ether oxygens (including phenoxy) is 1. The molecule has 1 N–H and O–H groups in total. The van der Waals surface area contributed by atoms with E-state index in [9.17, 15) is 13.6 Å². The Bertz CT molecular complexity index is 332. The third-order valence-corrected chi connectivity index (χ3v) is 1.19. The molecule has 0 saturated heterocycles. The Hall–Kier alpha value is -1.79. The molecule has 1 rings (SSSR count). The SMILES string of the molecule is O=C(O)c1cncc(OCC(F)F)n1. The van der Waals surface area contributed by atoms with Gasteiger partial charge in [0.25, 0.3) is 6.43 Å². The fraction of sp³-hybridized carbons (Fsp3) is 0.286. The monoisotopic (exact) mass is 204 g/mol. The van der Waals surface area contributed by atoms with Crippen LogP contribution in [0.25, 0.3) is 0 Å². The van der Waals surface area contributed by atoms with Crippen LogP contribution in [-0.2, 0) is 0 Å². The van der Waals surface area contributed by atoms with Gasteiger partial charge in [0, 0.05) is 0 Å². The van der Waals surface area contributed by atoms with Crippen molar-refractivity contribution in [1.29, 1.82) is 0 Å². The van der Waals surface area contributed by atoms with Crippen LogP contribution in [0.4, 0.5) is 8.78 Å². The van der Waals surface area contributed by atoms with Gasteiger partial charge in [0.15, 0.2) is 12.3 Å². The number of carboxylic acids is 1. The summed E-state index contributed by atoms with van der Waals surface area (Å²) >= 11 is 0. The van der Waals surface area contributed by atoms with Crippen LogP contribution in [0.5, 0.6) is 5.88 Å². The first-order valence-corrected chi connectivity index (χ1v) is 3.56. The third kappa shape index (κ3) is 2.92. The topological polar surface area (TPSA) is 72.3 Å². The molecule has 0 aliphatic carbocycles. The molecule has 0 unspecified atom stereocenters. The second kappa shape index (κ2) is 4.45. The quantitative estimate of drug-likeness (QED) is 0.785. The maximum atomic E-state index is 11.7. The van der Waals surface area contributed by atoms with E-state index in [2.05, 4.69) is 14.7 Å². The number of carboxylic acid groups (broad SMARTS) is 1. The Morgan fingerprint density at radius 2 is 2.29 bits per heavy atom. The predicted molar refractivity (Wildman–Crippen MR) is 40.5 cm³/mol. The summed E-state index contributed by atoms with van der Waals surface area (Å²) in [5.41, 5.74) is -0.350. The van der Waals surface area contributed by atoms with Gasteiger partial charge < -0.3 is 9.84 Å². The zero-order valence-electron chi connectivity index (χ0n) is 6.85. The molecule has 0 radical (unpaired) electrons. The summed E-state index contributed by atoms with van der Waals surface area (Å²) in [5.74, 6) is -1.52. The molecule has 0 bridgehead atoms. The van der Waals surface area contributed by atoms with Crippen LogP contribution in [0.3, 0.4) is 0 Å². The van der Waals surface area contributed by atoms with Gasteiger partial charge in [-0.05, 0) is 0 Å². The van der Waals surface area contributed by atoms with E-state index >= 15 is 0 Å². The van der Waals surface area contributed by atoms with Crippen molar-refractivity contribution < 1.29 is 23.4 Å². The molecule has 0 fully saturated rings. The maximum absolute atomic E-state index is 11.7. The second-order valence-corrected chi connectivity index (χ2v) is 2.25. The smallest absolute Gasteiger partial charge is 0.356 e. The predicted octanol–water partition coefficient (Wildman–Crippen LogP) is 0.819. The number of nitrogens with zero attached hydrogens (tertiary/aromatic N) is 2. The van der Waals surface area contributed by atoms with Crippen molar-refractivity contribution in [1.82, 2.24) is 9.97 Å². The summed E-state index contributed by atoms with van der Waals surface area (Å²) in [6.45, 7) is -0.836. The zero-order chi connectivity index (χ0) is 10.6. The van der Waals surface area contributed by atoms with Crippen molar-refractivity contribution in [3.8, 4) is 5.88 Å². The molecule has 0 atom stereocenters. The van der Waals surface area contributed by atoms with Gasteiger partial charge in [0.05, 0.1) is 12.4 Å². The number of alkyl halides is 2. The van der Waals surface area contributed by atoms with Gasteiger partial charge in [-0.25, -0.2) is 18.6 Å². The van der Waals surface area contributed by atoms with E-state index < -0.39 is 19.0 Å². The summed E-state index contributed by atoms with van der Waals surface area (Å²) in [6.07, 6.45) is -0.572. The molecule has 0 spiro atoms. The van der Waals surface area contributed by atoms with E-state index in [0.29, 0.717) is 0 Å². The summed E-state index contributed by atoms with van der Waals surface area (Å²) < 4.78 is 27.9. The van der Waals surface area contributed by atoms with Gasteiger partial charge in [0.1, 0.15) is 0 Å². The molecule has 1 heterocycles. The van der Waals surface area contributed by atoms with Gasteiger partial charge >= 0.3 is 5.97 Å². The first kappa shape index (κ1) is 10.3. The molecule has 0 saturated carbocycles. The van der Waals surface area contributed by atoms with Crippen molar-refractivity contribution in [3.05, 3.63) is 18.1 Å². The Kier molecular flexibility index (Phi) is 3.27. The minimum atomic E-state index is -2.63. The van der Waals surface area contributed by atoms with Gasteiger partial charge in [-0.1, -0.05) is 0 Å². The Morgan fingerprint density at radius 3 is 2.86 bits per heavy atom. The highest BCUT2D eigenvalue weighted by molar-refractivity contribution is 5.84. The lowest BCUT2D eigenvalue weighted by Crippen LogP contribution is -2.10. The van der Waals surface area contributed by atoms with E-state index in [0.717, 1.165) is 12.4 Å². The summed E-state index contributed by atoms with van der Waals surface area (Å²) in [7, 11) is 0. The average Bonchev–Trinajstić information content (AvgIpc) is 2.15. The number of rotatable bonds is 4. The number of hydrogen-bond donors (Lipinski definition) is 1. The number of carbonyl (C=O) groups is 1. The van der Waals surface area contributed by atoms with E-state index in [1.165, 1.54) is 0 Å². The third-order valence-electron chi connectivity index (χ3n) is 1.19. The van der Waals surface area contributed by atoms with Crippen LogP contribution in [0, 0.1) is 0 Å². The van der Waals surface area contributed by atoms with Gasteiger partial charge in [-0.2, -0.15) is 0 Å². The molecular formula is C7H6F2N2O3.